The Morgan fingerprint density at radius 2 is 2.35 bits per heavy atom. The van der Waals surface area contributed by atoms with Gasteiger partial charge in [0.1, 0.15) is 5.01 Å². The van der Waals surface area contributed by atoms with Crippen LogP contribution in [0.1, 0.15) is 49.7 Å². The van der Waals surface area contributed by atoms with Gasteiger partial charge in [0, 0.05) is 23.7 Å². The predicted octanol–water partition coefficient (Wildman–Crippen LogP) is 3.40. The van der Waals surface area contributed by atoms with Crippen LogP contribution in [0.15, 0.2) is 12.3 Å². The van der Waals surface area contributed by atoms with E-state index >= 15 is 0 Å². The zero-order chi connectivity index (χ0) is 13.9. The molecule has 0 bridgehead atoms. The molecule has 1 N–H and O–H groups in total. The number of fused-ring (bicyclic) bond motifs is 1. The number of thiazole rings is 1. The summed E-state index contributed by atoms with van der Waals surface area (Å²) in [5, 5.41) is 9.14. The van der Waals surface area contributed by atoms with Gasteiger partial charge in [-0.1, -0.05) is 6.92 Å². The normalized spacial score (nSPS) is 18.2. The SMILES string of the molecule is CCCNC1CCCc2nc(-c3ccnn3CC)sc21. The second-order valence-electron chi connectivity index (χ2n) is 5.26. The molecule has 0 saturated heterocycles. The van der Waals surface area contributed by atoms with Crippen molar-refractivity contribution < 1.29 is 0 Å². The molecule has 0 aliphatic heterocycles. The molecule has 108 valence electrons. The van der Waals surface area contributed by atoms with E-state index in [4.69, 9.17) is 4.98 Å². The quantitative estimate of drug-likeness (QED) is 0.917. The van der Waals surface area contributed by atoms with Crippen LogP contribution in [0, 0.1) is 0 Å². The summed E-state index contributed by atoms with van der Waals surface area (Å²) in [7, 11) is 0. The minimum Gasteiger partial charge on any atom is -0.309 e. The molecule has 2 heterocycles. The van der Waals surface area contributed by atoms with E-state index in [0.29, 0.717) is 6.04 Å². The van der Waals surface area contributed by atoms with Crippen molar-refractivity contribution in [3.05, 3.63) is 22.8 Å². The molecule has 1 atom stereocenters. The van der Waals surface area contributed by atoms with Crippen LogP contribution in [0.4, 0.5) is 0 Å². The van der Waals surface area contributed by atoms with Crippen LogP contribution in [-0.2, 0) is 13.0 Å². The van der Waals surface area contributed by atoms with Gasteiger partial charge in [-0.15, -0.1) is 11.3 Å². The Morgan fingerprint density at radius 1 is 1.45 bits per heavy atom. The first kappa shape index (κ1) is 13.8. The monoisotopic (exact) mass is 290 g/mol. The third kappa shape index (κ3) is 2.52. The van der Waals surface area contributed by atoms with Crippen LogP contribution in [-0.4, -0.2) is 21.3 Å². The largest absolute Gasteiger partial charge is 0.309 e. The average molecular weight is 290 g/mol. The lowest BCUT2D eigenvalue weighted by atomic mass is 9.98. The van der Waals surface area contributed by atoms with Gasteiger partial charge in [-0.05, 0) is 45.2 Å². The van der Waals surface area contributed by atoms with Gasteiger partial charge in [0.25, 0.3) is 0 Å². The van der Waals surface area contributed by atoms with Gasteiger partial charge in [0.05, 0.1) is 11.4 Å². The maximum absolute atomic E-state index is 4.88. The Labute approximate surface area is 124 Å². The summed E-state index contributed by atoms with van der Waals surface area (Å²) in [5.74, 6) is 0. The fourth-order valence-corrected chi connectivity index (χ4v) is 4.06. The van der Waals surface area contributed by atoms with Crippen LogP contribution in [0.25, 0.3) is 10.7 Å². The average Bonchev–Trinajstić information content (AvgIpc) is 3.10. The molecule has 2 aromatic heterocycles. The van der Waals surface area contributed by atoms with E-state index in [0.717, 1.165) is 30.2 Å². The topological polar surface area (TPSA) is 42.7 Å². The molecule has 4 nitrogen and oxygen atoms in total. The van der Waals surface area contributed by atoms with Gasteiger partial charge in [0.15, 0.2) is 0 Å². The molecule has 1 unspecified atom stereocenters. The molecule has 0 saturated carbocycles. The molecule has 5 heteroatoms. The first-order chi connectivity index (χ1) is 9.83. The molecule has 0 fully saturated rings. The summed E-state index contributed by atoms with van der Waals surface area (Å²) in [5.41, 5.74) is 2.45. The number of hydrogen-bond donors (Lipinski definition) is 1. The van der Waals surface area contributed by atoms with Crippen molar-refractivity contribution in [2.45, 2.75) is 52.1 Å². The highest BCUT2D eigenvalue weighted by atomic mass is 32.1. The minimum atomic E-state index is 0.503. The van der Waals surface area contributed by atoms with Crippen LogP contribution < -0.4 is 5.32 Å². The molecule has 1 aliphatic rings. The maximum Gasteiger partial charge on any atom is 0.142 e. The molecule has 0 amide bonds. The molecular weight excluding hydrogens is 268 g/mol. The molecule has 20 heavy (non-hydrogen) atoms. The van der Waals surface area contributed by atoms with Crippen LogP contribution >= 0.6 is 11.3 Å². The third-order valence-electron chi connectivity index (χ3n) is 3.83. The number of nitrogens with zero attached hydrogens (tertiary/aromatic N) is 3. The first-order valence-electron chi connectivity index (χ1n) is 7.58. The van der Waals surface area contributed by atoms with Gasteiger partial charge >= 0.3 is 0 Å². The Kier molecular flexibility index (Phi) is 4.17. The summed E-state index contributed by atoms with van der Waals surface area (Å²) in [6.45, 7) is 6.32. The van der Waals surface area contributed by atoms with Crippen molar-refractivity contribution in [1.29, 1.82) is 0 Å². The lowest BCUT2D eigenvalue weighted by Gasteiger charge is -2.22. The second kappa shape index (κ2) is 6.06. The molecule has 3 rings (SSSR count). The maximum atomic E-state index is 4.88. The van der Waals surface area contributed by atoms with Crippen molar-refractivity contribution in [3.63, 3.8) is 0 Å². The van der Waals surface area contributed by atoms with E-state index in [9.17, 15) is 0 Å². The fourth-order valence-electron chi connectivity index (χ4n) is 2.81. The summed E-state index contributed by atoms with van der Waals surface area (Å²) < 4.78 is 2.03. The Bertz CT molecular complexity index is 572. The number of aromatic nitrogens is 3. The van der Waals surface area contributed by atoms with Crippen LogP contribution in [0.5, 0.6) is 0 Å². The highest BCUT2D eigenvalue weighted by Gasteiger charge is 2.25. The lowest BCUT2D eigenvalue weighted by Crippen LogP contribution is -2.24. The minimum absolute atomic E-state index is 0.503. The van der Waals surface area contributed by atoms with E-state index < -0.39 is 0 Å². The highest BCUT2D eigenvalue weighted by Crippen LogP contribution is 2.37. The van der Waals surface area contributed by atoms with Crippen LogP contribution in [0.2, 0.25) is 0 Å². The fraction of sp³-hybridized carbons (Fsp3) is 0.600. The van der Waals surface area contributed by atoms with E-state index in [2.05, 4.69) is 30.3 Å². The Morgan fingerprint density at radius 3 is 3.15 bits per heavy atom. The molecule has 1 aliphatic carbocycles. The van der Waals surface area contributed by atoms with Crippen LogP contribution in [0.3, 0.4) is 0 Å². The van der Waals surface area contributed by atoms with Gasteiger partial charge in [-0.3, -0.25) is 4.68 Å². The Balaban J connectivity index is 1.91. The van der Waals surface area contributed by atoms with E-state index in [-0.39, 0.29) is 0 Å². The number of hydrogen-bond acceptors (Lipinski definition) is 4. The molecule has 0 radical (unpaired) electrons. The van der Waals surface area contributed by atoms with Crippen molar-refractivity contribution in [2.24, 2.45) is 0 Å². The molecule has 2 aromatic rings. The number of aryl methyl sites for hydroxylation is 2. The molecular formula is C15H22N4S. The van der Waals surface area contributed by atoms with Gasteiger partial charge in [-0.2, -0.15) is 5.10 Å². The van der Waals surface area contributed by atoms with E-state index in [1.54, 1.807) is 0 Å². The first-order valence-corrected chi connectivity index (χ1v) is 8.40. The molecule has 0 spiro atoms. The zero-order valence-electron chi connectivity index (χ0n) is 12.2. The van der Waals surface area contributed by atoms with Crippen molar-refractivity contribution in [1.82, 2.24) is 20.1 Å². The third-order valence-corrected chi connectivity index (χ3v) is 5.06. The number of rotatable bonds is 5. The summed E-state index contributed by atoms with van der Waals surface area (Å²) in [4.78, 5) is 6.33. The Hall–Kier alpha value is -1.20. The standard InChI is InChI=1S/C15H22N4S/c1-3-9-16-11-6-5-7-12-14(11)20-15(18-12)13-8-10-17-19(13)4-2/h8,10-11,16H,3-7,9H2,1-2H3. The van der Waals surface area contributed by atoms with Crippen molar-refractivity contribution in [2.75, 3.05) is 6.54 Å². The van der Waals surface area contributed by atoms with Gasteiger partial charge < -0.3 is 5.32 Å². The predicted molar refractivity (Wildman–Crippen MR) is 83.0 cm³/mol. The summed E-state index contributed by atoms with van der Waals surface area (Å²) >= 11 is 1.85. The van der Waals surface area contributed by atoms with Gasteiger partial charge in [0.2, 0.25) is 0 Å². The van der Waals surface area contributed by atoms with Gasteiger partial charge in [-0.25, -0.2) is 4.98 Å². The smallest absolute Gasteiger partial charge is 0.142 e. The summed E-state index contributed by atoms with van der Waals surface area (Å²) in [6.07, 6.45) is 6.65. The highest BCUT2D eigenvalue weighted by molar-refractivity contribution is 7.15. The lowest BCUT2D eigenvalue weighted by molar-refractivity contribution is 0.464. The van der Waals surface area contributed by atoms with E-state index in [1.807, 2.05) is 22.2 Å². The second-order valence-corrected chi connectivity index (χ2v) is 6.29. The molecule has 0 aromatic carbocycles. The van der Waals surface area contributed by atoms with E-state index in [1.165, 1.54) is 29.8 Å². The van der Waals surface area contributed by atoms with Crippen molar-refractivity contribution in [3.8, 4) is 10.7 Å². The van der Waals surface area contributed by atoms with Crippen molar-refractivity contribution >= 4 is 11.3 Å². The number of nitrogens with one attached hydrogen (secondary N) is 1. The summed E-state index contributed by atoms with van der Waals surface area (Å²) in [6, 6.07) is 2.57. The zero-order valence-corrected chi connectivity index (χ0v) is 13.0.